The van der Waals surface area contributed by atoms with E-state index in [1.807, 2.05) is 12.1 Å². The van der Waals surface area contributed by atoms with Crippen LogP contribution < -0.4 is 10.6 Å². The number of amides is 1. The Bertz CT molecular complexity index is 591. The van der Waals surface area contributed by atoms with E-state index in [4.69, 9.17) is 0 Å². The van der Waals surface area contributed by atoms with Crippen LogP contribution in [0, 0.1) is 0 Å². The summed E-state index contributed by atoms with van der Waals surface area (Å²) in [5, 5.41) is 7.35. The number of rotatable bonds is 3. The van der Waals surface area contributed by atoms with Crippen molar-refractivity contribution in [1.82, 2.24) is 15.6 Å². The molecule has 3 rings (SSSR count). The highest BCUT2D eigenvalue weighted by molar-refractivity contribution is 5.83. The summed E-state index contributed by atoms with van der Waals surface area (Å²) < 4.78 is 0. The number of carbonyl (C=O) groups excluding carboxylic acids is 1. The minimum atomic E-state index is -0.0762. The molecule has 2 heterocycles. The van der Waals surface area contributed by atoms with E-state index in [1.54, 1.807) is 6.20 Å². The van der Waals surface area contributed by atoms with Crippen molar-refractivity contribution in [1.29, 1.82) is 0 Å². The molecule has 1 amide bonds. The summed E-state index contributed by atoms with van der Waals surface area (Å²) in [5.74, 6) is 0.111. The van der Waals surface area contributed by atoms with Gasteiger partial charge in [0.05, 0.1) is 11.6 Å². The molecule has 1 saturated heterocycles. The molecule has 0 spiro atoms. The molecular weight excluding hydrogens is 238 g/mol. The zero-order valence-corrected chi connectivity index (χ0v) is 10.7. The van der Waals surface area contributed by atoms with Crippen molar-refractivity contribution in [3.05, 3.63) is 42.1 Å². The van der Waals surface area contributed by atoms with Crippen LogP contribution in [0.4, 0.5) is 0 Å². The zero-order valence-electron chi connectivity index (χ0n) is 10.7. The number of aromatic nitrogens is 1. The third-order valence-electron chi connectivity index (χ3n) is 3.54. The fourth-order valence-electron chi connectivity index (χ4n) is 2.51. The van der Waals surface area contributed by atoms with Crippen molar-refractivity contribution in [2.45, 2.75) is 25.4 Å². The number of nitrogens with one attached hydrogen (secondary N) is 2. The van der Waals surface area contributed by atoms with Gasteiger partial charge in [-0.05, 0) is 24.5 Å². The van der Waals surface area contributed by atoms with Gasteiger partial charge in [0.1, 0.15) is 0 Å². The third kappa shape index (κ3) is 2.58. The lowest BCUT2D eigenvalue weighted by atomic mass is 10.1. The lowest BCUT2D eigenvalue weighted by Crippen LogP contribution is -2.47. The third-order valence-corrected chi connectivity index (χ3v) is 3.54. The van der Waals surface area contributed by atoms with Crippen LogP contribution in [-0.2, 0) is 11.3 Å². The van der Waals surface area contributed by atoms with Crippen LogP contribution >= 0.6 is 0 Å². The maximum atomic E-state index is 11.7. The van der Waals surface area contributed by atoms with Gasteiger partial charge in [0, 0.05) is 24.7 Å². The van der Waals surface area contributed by atoms with Gasteiger partial charge in [-0.1, -0.05) is 24.3 Å². The summed E-state index contributed by atoms with van der Waals surface area (Å²) in [5.41, 5.74) is 2.14. The smallest absolute Gasteiger partial charge is 0.237 e. The molecule has 0 aliphatic carbocycles. The Balaban J connectivity index is 1.76. The zero-order chi connectivity index (χ0) is 13.1. The second-order valence-corrected chi connectivity index (χ2v) is 4.86. The van der Waals surface area contributed by atoms with Gasteiger partial charge in [-0.15, -0.1) is 0 Å². The fraction of sp³-hybridized carbons (Fsp3) is 0.333. The summed E-state index contributed by atoms with van der Waals surface area (Å²) in [6.45, 7) is 1.47. The number of piperidine rings is 1. The summed E-state index contributed by atoms with van der Waals surface area (Å²) in [6.07, 6.45) is 3.75. The molecule has 1 aliphatic heterocycles. The number of fused-ring (bicyclic) bond motifs is 1. The molecule has 1 aromatic heterocycles. The molecular formula is C15H17N3O. The molecule has 2 aromatic rings. The maximum absolute atomic E-state index is 11.7. The van der Waals surface area contributed by atoms with Crippen molar-refractivity contribution in [2.24, 2.45) is 0 Å². The Kier molecular flexibility index (Phi) is 3.42. The standard InChI is InChI=1S/C15H17N3O/c19-15-13(7-3-9-17-15)18-10-12-5-1-4-11-6-2-8-16-14(11)12/h1-2,4-6,8,13,18H,3,7,9-10H2,(H,17,19). The van der Waals surface area contributed by atoms with Gasteiger partial charge in [0.2, 0.25) is 5.91 Å². The number of hydrogen-bond donors (Lipinski definition) is 2. The quantitative estimate of drug-likeness (QED) is 0.876. The van der Waals surface area contributed by atoms with Crippen LogP contribution in [0.25, 0.3) is 10.9 Å². The molecule has 0 saturated carbocycles. The van der Waals surface area contributed by atoms with Crippen LogP contribution in [0.2, 0.25) is 0 Å². The van der Waals surface area contributed by atoms with Gasteiger partial charge in [0.15, 0.2) is 0 Å². The van der Waals surface area contributed by atoms with E-state index in [1.165, 1.54) is 0 Å². The number of nitrogens with zero attached hydrogens (tertiary/aromatic N) is 1. The van der Waals surface area contributed by atoms with Crippen molar-refractivity contribution in [2.75, 3.05) is 6.54 Å². The molecule has 1 aromatic carbocycles. The van der Waals surface area contributed by atoms with Crippen LogP contribution in [0.15, 0.2) is 36.5 Å². The number of hydrogen-bond acceptors (Lipinski definition) is 3. The van der Waals surface area contributed by atoms with Gasteiger partial charge in [0.25, 0.3) is 0 Å². The van der Waals surface area contributed by atoms with Crippen LogP contribution in [0.5, 0.6) is 0 Å². The van der Waals surface area contributed by atoms with Crippen LogP contribution in [0.3, 0.4) is 0 Å². The first-order valence-electron chi connectivity index (χ1n) is 6.68. The van der Waals surface area contributed by atoms with Gasteiger partial charge in [-0.2, -0.15) is 0 Å². The van der Waals surface area contributed by atoms with E-state index in [0.717, 1.165) is 35.9 Å². The minimum Gasteiger partial charge on any atom is -0.355 e. The second-order valence-electron chi connectivity index (χ2n) is 4.86. The van der Waals surface area contributed by atoms with Gasteiger partial charge < -0.3 is 10.6 Å². The molecule has 0 radical (unpaired) electrons. The number of pyridine rings is 1. The highest BCUT2D eigenvalue weighted by atomic mass is 16.2. The predicted octanol–water partition coefficient (Wildman–Crippen LogP) is 1.60. The topological polar surface area (TPSA) is 54.0 Å². The van der Waals surface area contributed by atoms with Crippen molar-refractivity contribution >= 4 is 16.8 Å². The molecule has 0 bridgehead atoms. The first-order valence-corrected chi connectivity index (χ1v) is 6.68. The predicted molar refractivity (Wildman–Crippen MR) is 74.6 cm³/mol. The number of carbonyl (C=O) groups is 1. The largest absolute Gasteiger partial charge is 0.355 e. The van der Waals surface area contributed by atoms with Crippen LogP contribution in [0.1, 0.15) is 18.4 Å². The average Bonchev–Trinajstić information content (AvgIpc) is 2.46. The van der Waals surface area contributed by atoms with Gasteiger partial charge >= 0.3 is 0 Å². The maximum Gasteiger partial charge on any atom is 0.237 e. The fourth-order valence-corrected chi connectivity index (χ4v) is 2.51. The lowest BCUT2D eigenvalue weighted by molar-refractivity contribution is -0.124. The second kappa shape index (κ2) is 5.36. The molecule has 1 aliphatic rings. The lowest BCUT2D eigenvalue weighted by Gasteiger charge is -2.23. The van der Waals surface area contributed by atoms with E-state index >= 15 is 0 Å². The normalized spacial score (nSPS) is 19.4. The summed E-state index contributed by atoms with van der Waals surface area (Å²) in [7, 11) is 0. The molecule has 2 N–H and O–H groups in total. The van der Waals surface area contributed by atoms with E-state index in [9.17, 15) is 4.79 Å². The van der Waals surface area contributed by atoms with E-state index < -0.39 is 0 Å². The van der Waals surface area contributed by atoms with Gasteiger partial charge in [-0.3, -0.25) is 9.78 Å². The molecule has 1 atom stereocenters. The SMILES string of the molecule is O=C1NCCCC1NCc1cccc2cccnc12. The minimum absolute atomic E-state index is 0.0762. The molecule has 1 unspecified atom stereocenters. The first kappa shape index (κ1) is 12.1. The molecule has 4 heteroatoms. The van der Waals surface area contributed by atoms with E-state index in [-0.39, 0.29) is 11.9 Å². The monoisotopic (exact) mass is 255 g/mol. The van der Waals surface area contributed by atoms with Crippen molar-refractivity contribution in [3.8, 4) is 0 Å². The Labute approximate surface area is 112 Å². The highest BCUT2D eigenvalue weighted by Crippen LogP contribution is 2.16. The van der Waals surface area contributed by atoms with Crippen molar-refractivity contribution < 1.29 is 4.79 Å². The average molecular weight is 255 g/mol. The molecule has 98 valence electrons. The van der Waals surface area contributed by atoms with Crippen molar-refractivity contribution in [3.63, 3.8) is 0 Å². The Morgan fingerprint density at radius 3 is 3.11 bits per heavy atom. The highest BCUT2D eigenvalue weighted by Gasteiger charge is 2.21. The Morgan fingerprint density at radius 1 is 1.32 bits per heavy atom. The van der Waals surface area contributed by atoms with Crippen LogP contribution in [-0.4, -0.2) is 23.5 Å². The number of para-hydroxylation sites is 1. The Morgan fingerprint density at radius 2 is 2.21 bits per heavy atom. The molecule has 4 nitrogen and oxygen atoms in total. The van der Waals surface area contributed by atoms with Gasteiger partial charge in [-0.25, -0.2) is 0 Å². The number of benzene rings is 1. The summed E-state index contributed by atoms with van der Waals surface area (Å²) >= 11 is 0. The Hall–Kier alpha value is -1.94. The summed E-state index contributed by atoms with van der Waals surface area (Å²) in [4.78, 5) is 16.1. The van der Waals surface area contributed by atoms with E-state index in [2.05, 4.69) is 33.8 Å². The molecule has 1 fully saturated rings. The summed E-state index contributed by atoms with van der Waals surface area (Å²) in [6, 6.07) is 10.1. The molecule has 19 heavy (non-hydrogen) atoms. The van der Waals surface area contributed by atoms with E-state index in [0.29, 0.717) is 6.54 Å². The first-order chi connectivity index (χ1) is 9.34.